The van der Waals surface area contributed by atoms with Gasteiger partial charge in [-0.25, -0.2) is 8.78 Å². The first-order valence-corrected chi connectivity index (χ1v) is 10.0. The summed E-state index contributed by atoms with van der Waals surface area (Å²) in [6.07, 6.45) is 8.07. The standard InChI is InChI=1S/C22H27F2NO3/c23-21-6-5-19(11-22(21)24)28-20-9-16-12-25(13-17(16)10-20)7-8-27-14-15-1-3-18(26)4-2-15/h1-3,5-6,11,16-18,20,26H,4,7-10,12-14H2/t16-,17+,18?,20?. The maximum absolute atomic E-state index is 13.3. The summed E-state index contributed by atoms with van der Waals surface area (Å²) in [6.45, 7) is 4.29. The number of aliphatic hydroxyl groups is 1. The largest absolute Gasteiger partial charge is 0.490 e. The van der Waals surface area contributed by atoms with E-state index in [1.807, 2.05) is 12.2 Å². The third-order valence-electron chi connectivity index (χ3n) is 5.95. The van der Waals surface area contributed by atoms with Crippen molar-refractivity contribution in [1.82, 2.24) is 4.90 Å². The predicted octanol–water partition coefficient (Wildman–Crippen LogP) is 3.32. The number of ether oxygens (including phenoxy) is 2. The maximum Gasteiger partial charge on any atom is 0.162 e. The summed E-state index contributed by atoms with van der Waals surface area (Å²) in [4.78, 5) is 2.44. The lowest BCUT2D eigenvalue weighted by Gasteiger charge is -2.20. The van der Waals surface area contributed by atoms with Gasteiger partial charge in [0.2, 0.25) is 0 Å². The van der Waals surface area contributed by atoms with Crippen LogP contribution < -0.4 is 4.74 Å². The Balaban J connectivity index is 1.15. The fourth-order valence-corrected chi connectivity index (χ4v) is 4.51. The molecule has 152 valence electrons. The summed E-state index contributed by atoms with van der Waals surface area (Å²) in [5, 5.41) is 9.43. The molecule has 0 aromatic heterocycles. The van der Waals surface area contributed by atoms with Crippen LogP contribution in [0, 0.1) is 23.5 Å². The maximum atomic E-state index is 13.3. The Morgan fingerprint density at radius 1 is 1.11 bits per heavy atom. The van der Waals surface area contributed by atoms with Gasteiger partial charge in [-0.15, -0.1) is 0 Å². The zero-order chi connectivity index (χ0) is 19.5. The van der Waals surface area contributed by atoms with Crippen LogP contribution >= 0.6 is 0 Å². The SMILES string of the molecule is OC1C=CC(COCCN2C[C@H]3CC(Oc4ccc(F)c(F)c4)C[C@H]3C2)=CC1. The van der Waals surface area contributed by atoms with E-state index in [-0.39, 0.29) is 12.2 Å². The Hall–Kier alpha value is -1.76. The van der Waals surface area contributed by atoms with Crippen LogP contribution in [0.15, 0.2) is 42.0 Å². The van der Waals surface area contributed by atoms with Crippen molar-refractivity contribution in [2.45, 2.75) is 31.5 Å². The number of hydrogen-bond acceptors (Lipinski definition) is 4. The van der Waals surface area contributed by atoms with Crippen molar-refractivity contribution in [2.24, 2.45) is 11.8 Å². The average Bonchev–Trinajstić information content (AvgIpc) is 3.21. The molecule has 28 heavy (non-hydrogen) atoms. The smallest absolute Gasteiger partial charge is 0.162 e. The van der Waals surface area contributed by atoms with Crippen molar-refractivity contribution in [3.8, 4) is 5.75 Å². The molecule has 3 aliphatic rings. The Labute approximate surface area is 164 Å². The molecule has 4 rings (SSSR count). The normalized spacial score (nSPS) is 29.8. The first kappa shape index (κ1) is 19.6. The summed E-state index contributed by atoms with van der Waals surface area (Å²) in [5.74, 6) is -0.103. The monoisotopic (exact) mass is 391 g/mol. The molecule has 1 saturated carbocycles. The van der Waals surface area contributed by atoms with Gasteiger partial charge in [0.25, 0.3) is 0 Å². The highest BCUT2D eigenvalue weighted by Crippen LogP contribution is 2.39. The lowest BCUT2D eigenvalue weighted by Crippen LogP contribution is -2.28. The summed E-state index contributed by atoms with van der Waals surface area (Å²) >= 11 is 0. The number of aliphatic hydroxyl groups excluding tert-OH is 1. The van der Waals surface area contributed by atoms with Gasteiger partial charge in [0.1, 0.15) is 5.75 Å². The first-order chi connectivity index (χ1) is 13.6. The number of hydrogen-bond donors (Lipinski definition) is 1. The van der Waals surface area contributed by atoms with E-state index in [0.29, 0.717) is 37.2 Å². The zero-order valence-electron chi connectivity index (χ0n) is 15.9. The number of likely N-dealkylation sites (tertiary alicyclic amines) is 1. The van der Waals surface area contributed by atoms with Gasteiger partial charge in [0, 0.05) is 25.7 Å². The number of nitrogens with zero attached hydrogens (tertiary/aromatic N) is 1. The van der Waals surface area contributed by atoms with Gasteiger partial charge in [-0.3, -0.25) is 0 Å². The van der Waals surface area contributed by atoms with Crippen molar-refractivity contribution < 1.29 is 23.4 Å². The second-order valence-corrected chi connectivity index (χ2v) is 8.06. The molecule has 1 aliphatic heterocycles. The van der Waals surface area contributed by atoms with Crippen LogP contribution in [-0.4, -0.2) is 55.1 Å². The number of benzene rings is 1. The van der Waals surface area contributed by atoms with Crippen LogP contribution in [0.2, 0.25) is 0 Å². The van der Waals surface area contributed by atoms with E-state index in [1.165, 1.54) is 6.07 Å². The molecule has 1 saturated heterocycles. The van der Waals surface area contributed by atoms with Crippen molar-refractivity contribution in [2.75, 3.05) is 32.8 Å². The van der Waals surface area contributed by atoms with Crippen LogP contribution in [0.1, 0.15) is 19.3 Å². The molecular formula is C22H27F2NO3. The first-order valence-electron chi connectivity index (χ1n) is 10.0. The van der Waals surface area contributed by atoms with Crippen LogP contribution in [0.3, 0.4) is 0 Å². The summed E-state index contributed by atoms with van der Waals surface area (Å²) in [6, 6.07) is 3.74. The predicted molar refractivity (Wildman–Crippen MR) is 102 cm³/mol. The second kappa shape index (κ2) is 8.72. The topological polar surface area (TPSA) is 41.9 Å². The van der Waals surface area contributed by atoms with E-state index >= 15 is 0 Å². The van der Waals surface area contributed by atoms with Crippen LogP contribution in [0.4, 0.5) is 8.78 Å². The second-order valence-electron chi connectivity index (χ2n) is 8.06. The van der Waals surface area contributed by atoms with Crippen LogP contribution in [0.5, 0.6) is 5.75 Å². The summed E-state index contributed by atoms with van der Waals surface area (Å²) in [7, 11) is 0. The molecule has 0 amide bonds. The van der Waals surface area contributed by atoms with Crippen molar-refractivity contribution in [1.29, 1.82) is 0 Å². The number of halogens is 2. The van der Waals surface area contributed by atoms with Gasteiger partial charge < -0.3 is 19.5 Å². The Bertz CT molecular complexity index is 737. The molecule has 6 heteroatoms. The number of rotatable bonds is 7. The van der Waals surface area contributed by atoms with Crippen LogP contribution in [-0.2, 0) is 4.74 Å². The number of fused-ring (bicyclic) bond motifs is 1. The molecule has 2 aliphatic carbocycles. The fourth-order valence-electron chi connectivity index (χ4n) is 4.51. The molecule has 4 nitrogen and oxygen atoms in total. The minimum Gasteiger partial charge on any atom is -0.490 e. The van der Waals surface area contributed by atoms with Crippen molar-refractivity contribution >= 4 is 0 Å². The highest BCUT2D eigenvalue weighted by Gasteiger charge is 2.41. The molecule has 0 bridgehead atoms. The van der Waals surface area contributed by atoms with Gasteiger partial charge in [0.15, 0.2) is 11.6 Å². The van der Waals surface area contributed by atoms with Gasteiger partial charge in [-0.1, -0.05) is 18.2 Å². The minimum absolute atomic E-state index is 0.0821. The molecule has 1 N–H and O–H groups in total. The van der Waals surface area contributed by atoms with E-state index in [4.69, 9.17) is 9.47 Å². The molecule has 2 fully saturated rings. The molecule has 1 aromatic carbocycles. The lowest BCUT2D eigenvalue weighted by atomic mass is 10.0. The highest BCUT2D eigenvalue weighted by molar-refractivity contribution is 5.25. The van der Waals surface area contributed by atoms with E-state index in [0.717, 1.165) is 50.2 Å². The molecule has 0 radical (unpaired) electrons. The summed E-state index contributed by atoms with van der Waals surface area (Å²) < 4.78 is 38.0. The van der Waals surface area contributed by atoms with Gasteiger partial charge in [-0.05, 0) is 48.8 Å². The van der Waals surface area contributed by atoms with Gasteiger partial charge >= 0.3 is 0 Å². The molecule has 4 atom stereocenters. The van der Waals surface area contributed by atoms with Crippen molar-refractivity contribution in [3.63, 3.8) is 0 Å². The van der Waals surface area contributed by atoms with Gasteiger partial charge in [0.05, 0.1) is 25.4 Å². The van der Waals surface area contributed by atoms with E-state index in [1.54, 1.807) is 6.08 Å². The zero-order valence-corrected chi connectivity index (χ0v) is 15.9. The minimum atomic E-state index is -0.863. The molecule has 1 heterocycles. The van der Waals surface area contributed by atoms with Crippen molar-refractivity contribution in [3.05, 3.63) is 53.6 Å². The Morgan fingerprint density at radius 2 is 1.89 bits per heavy atom. The van der Waals surface area contributed by atoms with E-state index < -0.39 is 11.6 Å². The third-order valence-corrected chi connectivity index (χ3v) is 5.95. The Morgan fingerprint density at radius 3 is 2.57 bits per heavy atom. The van der Waals surface area contributed by atoms with Crippen LogP contribution in [0.25, 0.3) is 0 Å². The lowest BCUT2D eigenvalue weighted by molar-refractivity contribution is 0.122. The quantitative estimate of drug-likeness (QED) is 0.724. The molecule has 0 spiro atoms. The fraction of sp³-hybridized carbons (Fsp3) is 0.545. The highest BCUT2D eigenvalue weighted by atomic mass is 19.2. The van der Waals surface area contributed by atoms with E-state index in [2.05, 4.69) is 4.90 Å². The Kier molecular flexibility index (Phi) is 6.09. The molecule has 1 aromatic rings. The summed E-state index contributed by atoms with van der Waals surface area (Å²) in [5.41, 5.74) is 1.13. The third kappa shape index (κ3) is 4.80. The molecular weight excluding hydrogens is 364 g/mol. The van der Waals surface area contributed by atoms with Gasteiger partial charge in [-0.2, -0.15) is 0 Å². The van der Waals surface area contributed by atoms with E-state index in [9.17, 15) is 13.9 Å². The molecule has 2 unspecified atom stereocenters. The average molecular weight is 391 g/mol.